The first-order valence-corrected chi connectivity index (χ1v) is 8.23. The number of carboxylic acids is 1. The second-order valence-corrected chi connectivity index (χ2v) is 6.93. The van der Waals surface area contributed by atoms with Crippen LogP contribution in [0.4, 0.5) is 0 Å². The summed E-state index contributed by atoms with van der Waals surface area (Å²) in [5.41, 5.74) is 1.77. The summed E-state index contributed by atoms with van der Waals surface area (Å²) in [5, 5.41) is 8.91. The Bertz CT molecular complexity index is 859. The highest BCUT2D eigenvalue weighted by atomic mass is 32.1. The predicted molar refractivity (Wildman–Crippen MR) is 85.6 cm³/mol. The van der Waals surface area contributed by atoms with E-state index in [2.05, 4.69) is 0 Å². The molecule has 2 heterocycles. The summed E-state index contributed by atoms with van der Waals surface area (Å²) in [6.45, 7) is 1.79. The molecule has 1 fully saturated rings. The molecule has 0 spiro atoms. The average Bonchev–Trinajstić information content (AvgIpc) is 3.26. The molecule has 1 N–H and O–H groups in total. The minimum atomic E-state index is -0.885. The number of aryl methyl sites for hydroxylation is 2. The first kappa shape index (κ1) is 15.7. The van der Waals surface area contributed by atoms with Gasteiger partial charge in [0.1, 0.15) is 10.5 Å². The minimum absolute atomic E-state index is 0.0104. The quantitative estimate of drug-likeness (QED) is 0.848. The van der Waals surface area contributed by atoms with E-state index in [1.54, 1.807) is 6.92 Å². The van der Waals surface area contributed by atoms with E-state index < -0.39 is 11.9 Å². The van der Waals surface area contributed by atoms with Crippen LogP contribution in [0.15, 0.2) is 10.9 Å². The number of carbonyl (C=O) groups is 2. The van der Waals surface area contributed by atoms with E-state index in [9.17, 15) is 14.4 Å². The lowest BCUT2D eigenvalue weighted by molar-refractivity contribution is -0.136. The van der Waals surface area contributed by atoms with Gasteiger partial charge in [-0.2, -0.15) is 0 Å². The van der Waals surface area contributed by atoms with Gasteiger partial charge in [0.05, 0.1) is 7.11 Å². The van der Waals surface area contributed by atoms with Gasteiger partial charge in [-0.25, -0.2) is 4.79 Å². The van der Waals surface area contributed by atoms with Crippen molar-refractivity contribution in [2.24, 2.45) is 0 Å². The van der Waals surface area contributed by atoms with E-state index in [1.165, 1.54) is 28.9 Å². The normalized spacial score (nSPS) is 14.2. The molecule has 6 nitrogen and oxygen atoms in total. The summed E-state index contributed by atoms with van der Waals surface area (Å²) in [5.74, 6) is -1.07. The number of aromatic nitrogens is 1. The molecule has 23 heavy (non-hydrogen) atoms. The lowest BCUT2D eigenvalue weighted by Crippen LogP contribution is -2.20. The van der Waals surface area contributed by atoms with Crippen molar-refractivity contribution in [1.29, 1.82) is 0 Å². The van der Waals surface area contributed by atoms with Crippen molar-refractivity contribution >= 4 is 28.1 Å². The zero-order valence-corrected chi connectivity index (χ0v) is 13.7. The standard InChI is InChI=1S/C16H17NO5S/c1-8-14(16(21)22-2)17-11(18)7-10(5-6-12(19)20)13(9-3-4-9)15(17)23-8/h7,9H,3-6H2,1-2H3,(H,19,20). The van der Waals surface area contributed by atoms with Gasteiger partial charge in [-0.05, 0) is 43.2 Å². The fourth-order valence-corrected chi connectivity index (χ4v) is 4.14. The van der Waals surface area contributed by atoms with Crippen LogP contribution in [0.25, 0.3) is 4.83 Å². The monoisotopic (exact) mass is 335 g/mol. The Hall–Kier alpha value is -2.15. The van der Waals surface area contributed by atoms with Crippen LogP contribution < -0.4 is 5.56 Å². The molecule has 3 rings (SSSR count). The molecule has 0 radical (unpaired) electrons. The van der Waals surface area contributed by atoms with E-state index in [0.29, 0.717) is 12.3 Å². The highest BCUT2D eigenvalue weighted by Gasteiger charge is 2.31. The number of hydrogen-bond acceptors (Lipinski definition) is 5. The van der Waals surface area contributed by atoms with Crippen molar-refractivity contribution in [3.05, 3.63) is 38.1 Å². The molecule has 7 heteroatoms. The third kappa shape index (κ3) is 2.76. The zero-order chi connectivity index (χ0) is 16.7. The van der Waals surface area contributed by atoms with Crippen molar-refractivity contribution in [3.8, 4) is 0 Å². The van der Waals surface area contributed by atoms with Gasteiger partial charge in [0.2, 0.25) is 0 Å². The molecule has 1 aliphatic carbocycles. The smallest absolute Gasteiger partial charge is 0.356 e. The molecule has 2 aromatic heterocycles. The Morgan fingerprint density at radius 1 is 1.43 bits per heavy atom. The Kier molecular flexibility index (Phi) is 3.97. The third-order valence-electron chi connectivity index (χ3n) is 4.08. The lowest BCUT2D eigenvalue weighted by Gasteiger charge is -2.10. The average molecular weight is 335 g/mol. The van der Waals surface area contributed by atoms with E-state index in [0.717, 1.165) is 33.7 Å². The fraction of sp³-hybridized carbons (Fsp3) is 0.438. The van der Waals surface area contributed by atoms with Gasteiger partial charge in [0, 0.05) is 17.4 Å². The summed E-state index contributed by atoms with van der Waals surface area (Å²) < 4.78 is 6.21. The Labute approximate surface area is 136 Å². The van der Waals surface area contributed by atoms with Gasteiger partial charge in [-0.1, -0.05) is 0 Å². The Morgan fingerprint density at radius 3 is 2.70 bits per heavy atom. The summed E-state index contributed by atoms with van der Waals surface area (Å²) >= 11 is 1.39. The van der Waals surface area contributed by atoms with Crippen molar-refractivity contribution in [2.75, 3.05) is 7.11 Å². The summed E-state index contributed by atoms with van der Waals surface area (Å²) in [4.78, 5) is 36.9. The van der Waals surface area contributed by atoms with Crippen LogP contribution in [0, 0.1) is 6.92 Å². The third-order valence-corrected chi connectivity index (χ3v) is 5.17. The first-order chi connectivity index (χ1) is 10.9. The molecule has 0 unspecified atom stereocenters. The number of nitrogens with zero attached hydrogens (tertiary/aromatic N) is 1. The van der Waals surface area contributed by atoms with Crippen LogP contribution in [0.2, 0.25) is 0 Å². The molecule has 1 saturated carbocycles. The number of methoxy groups -OCH3 is 1. The molecule has 2 aromatic rings. The number of rotatable bonds is 5. The second-order valence-electron chi connectivity index (χ2n) is 5.73. The van der Waals surface area contributed by atoms with Gasteiger partial charge in [-0.15, -0.1) is 11.3 Å². The van der Waals surface area contributed by atoms with E-state index >= 15 is 0 Å². The molecular formula is C16H17NO5S. The summed E-state index contributed by atoms with van der Waals surface area (Å²) in [6.07, 6.45) is 2.37. The molecule has 0 bridgehead atoms. The number of hydrogen-bond donors (Lipinski definition) is 1. The highest BCUT2D eigenvalue weighted by molar-refractivity contribution is 7.17. The lowest BCUT2D eigenvalue weighted by atomic mass is 10.0. The first-order valence-electron chi connectivity index (χ1n) is 7.42. The van der Waals surface area contributed by atoms with Crippen molar-refractivity contribution in [1.82, 2.24) is 4.40 Å². The Morgan fingerprint density at radius 2 is 2.13 bits per heavy atom. The molecule has 122 valence electrons. The number of pyridine rings is 1. The predicted octanol–water partition coefficient (Wildman–Crippen LogP) is 2.35. The topological polar surface area (TPSA) is 85.1 Å². The number of ether oxygens (including phenoxy) is 1. The van der Waals surface area contributed by atoms with E-state index in [1.807, 2.05) is 0 Å². The van der Waals surface area contributed by atoms with E-state index in [4.69, 9.17) is 9.84 Å². The summed E-state index contributed by atoms with van der Waals surface area (Å²) in [7, 11) is 1.29. The van der Waals surface area contributed by atoms with Gasteiger partial charge >= 0.3 is 11.9 Å². The van der Waals surface area contributed by atoms with Gasteiger partial charge in [0.25, 0.3) is 5.56 Å². The minimum Gasteiger partial charge on any atom is -0.481 e. The van der Waals surface area contributed by atoms with Crippen LogP contribution in [-0.2, 0) is 16.0 Å². The number of thiazole rings is 1. The number of fused-ring (bicyclic) bond motifs is 1. The van der Waals surface area contributed by atoms with Crippen LogP contribution in [0.1, 0.15) is 51.7 Å². The molecule has 0 aliphatic heterocycles. The molecular weight excluding hydrogens is 318 g/mol. The number of carbonyl (C=O) groups excluding carboxylic acids is 1. The molecule has 0 saturated heterocycles. The highest BCUT2D eigenvalue weighted by Crippen LogP contribution is 2.45. The maximum atomic E-state index is 12.5. The summed E-state index contributed by atoms with van der Waals surface area (Å²) in [6, 6.07) is 1.47. The maximum absolute atomic E-state index is 12.5. The molecule has 0 amide bonds. The second kappa shape index (κ2) is 5.81. The van der Waals surface area contributed by atoms with Crippen molar-refractivity contribution < 1.29 is 19.4 Å². The SMILES string of the molecule is COC(=O)c1c(C)sc2c(C3CC3)c(CCC(=O)O)cc(=O)n12. The van der Waals surface area contributed by atoms with Crippen LogP contribution in [0.3, 0.4) is 0 Å². The van der Waals surface area contributed by atoms with Crippen LogP contribution in [0.5, 0.6) is 0 Å². The number of aliphatic carboxylic acids is 1. The van der Waals surface area contributed by atoms with Gasteiger partial charge in [-0.3, -0.25) is 14.0 Å². The molecule has 1 aliphatic rings. The largest absolute Gasteiger partial charge is 0.481 e. The Balaban J connectivity index is 2.25. The molecule has 0 aromatic carbocycles. The van der Waals surface area contributed by atoms with Gasteiger partial charge < -0.3 is 9.84 Å². The van der Waals surface area contributed by atoms with E-state index in [-0.39, 0.29) is 17.7 Å². The molecule has 0 atom stereocenters. The fourth-order valence-electron chi connectivity index (χ4n) is 2.90. The van der Waals surface area contributed by atoms with Crippen molar-refractivity contribution in [2.45, 2.75) is 38.5 Å². The maximum Gasteiger partial charge on any atom is 0.356 e. The van der Waals surface area contributed by atoms with Crippen molar-refractivity contribution in [3.63, 3.8) is 0 Å². The van der Waals surface area contributed by atoms with Crippen LogP contribution in [-0.4, -0.2) is 28.6 Å². The number of esters is 1. The van der Waals surface area contributed by atoms with Gasteiger partial charge in [0.15, 0.2) is 0 Å². The number of carboxylic acid groups (broad SMARTS) is 1. The zero-order valence-electron chi connectivity index (χ0n) is 12.9. The van der Waals surface area contributed by atoms with Crippen LogP contribution >= 0.6 is 11.3 Å².